The van der Waals surface area contributed by atoms with Gasteiger partial charge in [0.05, 0.1) is 6.20 Å². The third-order valence-corrected chi connectivity index (χ3v) is 3.27. The van der Waals surface area contributed by atoms with Crippen molar-refractivity contribution in [2.45, 2.75) is 32.6 Å². The molecule has 0 spiro atoms. The molecule has 2 rings (SSSR count). The fourth-order valence-corrected chi connectivity index (χ4v) is 1.96. The van der Waals surface area contributed by atoms with Crippen LogP contribution in [0.3, 0.4) is 0 Å². The van der Waals surface area contributed by atoms with Gasteiger partial charge in [-0.2, -0.15) is 5.10 Å². The topological polar surface area (TPSA) is 57.8 Å². The van der Waals surface area contributed by atoms with E-state index in [9.17, 15) is 4.79 Å². The fourth-order valence-electron chi connectivity index (χ4n) is 1.96. The molecule has 2 N–H and O–H groups in total. The van der Waals surface area contributed by atoms with Gasteiger partial charge in [-0.1, -0.05) is 32.9 Å². The highest BCUT2D eigenvalue weighted by Crippen LogP contribution is 2.22. The van der Waals surface area contributed by atoms with Gasteiger partial charge in [0.25, 0.3) is 5.91 Å². The summed E-state index contributed by atoms with van der Waals surface area (Å²) < 4.78 is 0. The molecular weight excluding hydrogens is 250 g/mol. The minimum absolute atomic E-state index is 0.0334. The summed E-state index contributed by atoms with van der Waals surface area (Å²) in [4.78, 5) is 12.0. The number of H-pyrrole nitrogens is 1. The van der Waals surface area contributed by atoms with Crippen molar-refractivity contribution in [3.8, 4) is 0 Å². The van der Waals surface area contributed by atoms with Crippen molar-refractivity contribution in [2.75, 3.05) is 6.54 Å². The SMILES string of the molecule is CC(C)(C)c1ccc(C(=O)NCCc2cn[nH]c2)cc1. The van der Waals surface area contributed by atoms with Crippen LogP contribution in [0.5, 0.6) is 0 Å². The molecule has 0 aliphatic rings. The van der Waals surface area contributed by atoms with Crippen molar-refractivity contribution in [1.29, 1.82) is 0 Å². The molecule has 106 valence electrons. The van der Waals surface area contributed by atoms with Crippen LogP contribution in [-0.2, 0) is 11.8 Å². The van der Waals surface area contributed by atoms with E-state index in [0.29, 0.717) is 12.1 Å². The second kappa shape index (κ2) is 5.90. The van der Waals surface area contributed by atoms with Gasteiger partial charge < -0.3 is 5.32 Å². The molecule has 0 aliphatic carbocycles. The predicted octanol–water partition coefficient (Wildman–Crippen LogP) is 2.68. The molecule has 4 nitrogen and oxygen atoms in total. The van der Waals surface area contributed by atoms with Crippen LogP contribution in [0.1, 0.15) is 42.3 Å². The Labute approximate surface area is 119 Å². The van der Waals surface area contributed by atoms with Crippen LogP contribution >= 0.6 is 0 Å². The van der Waals surface area contributed by atoms with Gasteiger partial charge in [0.15, 0.2) is 0 Å². The van der Waals surface area contributed by atoms with Crippen molar-refractivity contribution >= 4 is 5.91 Å². The average Bonchev–Trinajstić information content (AvgIpc) is 2.91. The first-order valence-electron chi connectivity index (χ1n) is 6.83. The van der Waals surface area contributed by atoms with Gasteiger partial charge in [-0.25, -0.2) is 0 Å². The highest BCUT2D eigenvalue weighted by Gasteiger charge is 2.14. The third-order valence-electron chi connectivity index (χ3n) is 3.27. The molecule has 0 unspecified atom stereocenters. The summed E-state index contributed by atoms with van der Waals surface area (Å²) in [5, 5.41) is 9.55. The first-order chi connectivity index (χ1) is 9.47. The number of aromatic amines is 1. The first-order valence-corrected chi connectivity index (χ1v) is 6.83. The highest BCUT2D eigenvalue weighted by atomic mass is 16.1. The lowest BCUT2D eigenvalue weighted by Crippen LogP contribution is -2.25. The Morgan fingerprint density at radius 2 is 1.95 bits per heavy atom. The fraction of sp³-hybridized carbons (Fsp3) is 0.375. The number of rotatable bonds is 4. The van der Waals surface area contributed by atoms with Crippen LogP contribution in [0, 0.1) is 0 Å². The molecule has 0 saturated carbocycles. The Balaban J connectivity index is 1.89. The van der Waals surface area contributed by atoms with E-state index in [4.69, 9.17) is 0 Å². The molecule has 1 heterocycles. The van der Waals surface area contributed by atoms with E-state index < -0.39 is 0 Å². The minimum atomic E-state index is -0.0334. The summed E-state index contributed by atoms with van der Waals surface area (Å²) in [6.07, 6.45) is 4.39. The van der Waals surface area contributed by atoms with Crippen molar-refractivity contribution < 1.29 is 4.79 Å². The summed E-state index contributed by atoms with van der Waals surface area (Å²) in [7, 11) is 0. The Kier molecular flexibility index (Phi) is 4.23. The maximum atomic E-state index is 12.0. The molecule has 0 fully saturated rings. The number of carbonyl (C=O) groups excluding carboxylic acids is 1. The van der Waals surface area contributed by atoms with Gasteiger partial charge in [-0.05, 0) is 35.1 Å². The minimum Gasteiger partial charge on any atom is -0.352 e. The number of hydrogen-bond donors (Lipinski definition) is 2. The van der Waals surface area contributed by atoms with Crippen molar-refractivity contribution in [3.63, 3.8) is 0 Å². The number of amides is 1. The normalized spacial score (nSPS) is 11.3. The van der Waals surface area contributed by atoms with E-state index >= 15 is 0 Å². The monoisotopic (exact) mass is 271 g/mol. The van der Waals surface area contributed by atoms with Crippen LogP contribution in [0.4, 0.5) is 0 Å². The summed E-state index contributed by atoms with van der Waals surface area (Å²) in [5.41, 5.74) is 3.13. The van der Waals surface area contributed by atoms with Gasteiger partial charge in [-0.3, -0.25) is 9.89 Å². The molecular formula is C16H21N3O. The van der Waals surface area contributed by atoms with Gasteiger partial charge in [-0.15, -0.1) is 0 Å². The largest absolute Gasteiger partial charge is 0.352 e. The first kappa shape index (κ1) is 14.3. The number of nitrogens with one attached hydrogen (secondary N) is 2. The quantitative estimate of drug-likeness (QED) is 0.898. The van der Waals surface area contributed by atoms with E-state index in [1.54, 1.807) is 6.20 Å². The Morgan fingerprint density at radius 3 is 2.50 bits per heavy atom. The summed E-state index contributed by atoms with van der Waals surface area (Å²) in [6, 6.07) is 7.80. The van der Waals surface area contributed by atoms with Crippen molar-refractivity contribution in [3.05, 3.63) is 53.3 Å². The van der Waals surface area contributed by atoms with Crippen LogP contribution in [-0.4, -0.2) is 22.6 Å². The molecule has 0 bridgehead atoms. The molecule has 0 atom stereocenters. The highest BCUT2D eigenvalue weighted by molar-refractivity contribution is 5.94. The van der Waals surface area contributed by atoms with E-state index in [1.165, 1.54) is 5.56 Å². The number of hydrogen-bond acceptors (Lipinski definition) is 2. The van der Waals surface area contributed by atoms with Gasteiger partial charge in [0.2, 0.25) is 0 Å². The second-order valence-electron chi connectivity index (χ2n) is 5.94. The molecule has 2 aromatic rings. The molecule has 1 aromatic carbocycles. The molecule has 0 aliphatic heterocycles. The molecule has 0 saturated heterocycles. The predicted molar refractivity (Wildman–Crippen MR) is 79.8 cm³/mol. The summed E-state index contributed by atoms with van der Waals surface area (Å²) in [6.45, 7) is 7.09. The van der Waals surface area contributed by atoms with Crippen LogP contribution in [0.25, 0.3) is 0 Å². The van der Waals surface area contributed by atoms with Gasteiger partial charge >= 0.3 is 0 Å². The smallest absolute Gasteiger partial charge is 0.251 e. The molecule has 4 heteroatoms. The third kappa shape index (κ3) is 3.70. The maximum Gasteiger partial charge on any atom is 0.251 e. The van der Waals surface area contributed by atoms with Crippen LogP contribution < -0.4 is 5.32 Å². The number of aromatic nitrogens is 2. The lowest BCUT2D eigenvalue weighted by molar-refractivity contribution is 0.0954. The molecule has 1 aromatic heterocycles. The van der Waals surface area contributed by atoms with Crippen LogP contribution in [0.2, 0.25) is 0 Å². The lowest BCUT2D eigenvalue weighted by atomic mass is 9.87. The van der Waals surface area contributed by atoms with E-state index in [0.717, 1.165) is 12.0 Å². The number of benzene rings is 1. The molecule has 1 amide bonds. The van der Waals surface area contributed by atoms with Gasteiger partial charge in [0, 0.05) is 18.3 Å². The van der Waals surface area contributed by atoms with Gasteiger partial charge in [0.1, 0.15) is 0 Å². The zero-order valence-corrected chi connectivity index (χ0v) is 12.2. The van der Waals surface area contributed by atoms with Crippen molar-refractivity contribution in [1.82, 2.24) is 15.5 Å². The zero-order chi connectivity index (χ0) is 14.6. The maximum absolute atomic E-state index is 12.0. The Hall–Kier alpha value is -2.10. The van der Waals surface area contributed by atoms with Crippen molar-refractivity contribution in [2.24, 2.45) is 0 Å². The summed E-state index contributed by atoms with van der Waals surface area (Å²) in [5.74, 6) is -0.0334. The lowest BCUT2D eigenvalue weighted by Gasteiger charge is -2.19. The Bertz CT molecular complexity index is 550. The second-order valence-corrected chi connectivity index (χ2v) is 5.94. The van der Waals surface area contributed by atoms with E-state index in [-0.39, 0.29) is 11.3 Å². The standard InChI is InChI=1S/C16H21N3O/c1-16(2,3)14-6-4-13(5-7-14)15(20)17-9-8-12-10-18-19-11-12/h4-7,10-11H,8-9H2,1-3H3,(H,17,20)(H,18,19). The number of nitrogens with zero attached hydrogens (tertiary/aromatic N) is 1. The Morgan fingerprint density at radius 1 is 1.25 bits per heavy atom. The number of carbonyl (C=O) groups is 1. The molecule has 20 heavy (non-hydrogen) atoms. The summed E-state index contributed by atoms with van der Waals surface area (Å²) >= 11 is 0. The zero-order valence-electron chi connectivity index (χ0n) is 12.2. The van der Waals surface area contributed by atoms with E-state index in [1.807, 2.05) is 30.5 Å². The van der Waals surface area contributed by atoms with Crippen LogP contribution in [0.15, 0.2) is 36.7 Å². The molecule has 0 radical (unpaired) electrons. The average molecular weight is 271 g/mol. The van der Waals surface area contributed by atoms with E-state index in [2.05, 4.69) is 36.3 Å².